The number of nitrogens with one attached hydrogen (secondary N) is 5. The SMILES string of the molecule is CCCC(NC(=O)[C@H](CC1CC1)NC(=O)[C@@H](C)C1CCCCC1)C(O)C(=O)NCC(=O)N[C@H](C(=O)NP)c1ccccc1. The summed E-state index contributed by atoms with van der Waals surface area (Å²) in [5.41, 5.74) is 0.564. The molecule has 1 aromatic carbocycles. The molecule has 43 heavy (non-hydrogen) atoms. The summed E-state index contributed by atoms with van der Waals surface area (Å²) in [4.78, 5) is 64.3. The van der Waals surface area contributed by atoms with E-state index in [2.05, 4.69) is 35.7 Å². The zero-order valence-electron chi connectivity index (χ0n) is 25.3. The van der Waals surface area contributed by atoms with E-state index in [-0.39, 0.29) is 11.8 Å². The third-order valence-corrected chi connectivity index (χ3v) is 8.80. The van der Waals surface area contributed by atoms with Crippen molar-refractivity contribution in [2.75, 3.05) is 6.54 Å². The topological polar surface area (TPSA) is 166 Å². The third kappa shape index (κ3) is 10.9. The summed E-state index contributed by atoms with van der Waals surface area (Å²) in [6, 6.07) is 6.03. The highest BCUT2D eigenvalue weighted by atomic mass is 31.0. The molecular weight excluding hydrogens is 569 g/mol. The standard InChI is InChI=1S/C31H48N5O6P/c1-3-10-23(27(38)31(42)32-18-25(37)35-26(30(41)36-43)22-13-8-5-9-14-22)33-29(40)24(17-20-15-16-20)34-28(39)19(2)21-11-6-4-7-12-21/h5,8-9,13-14,19-21,23-24,26-27,38H,3-4,6-7,10-12,15-18,43H2,1-2H3,(H,32,42)(H,33,40)(H,34,39)(H,35,37)(H,36,41)/t19-,23?,24-,26-,27?/m0/s1. The van der Waals surface area contributed by atoms with E-state index in [0.29, 0.717) is 36.7 Å². The van der Waals surface area contributed by atoms with Crippen LogP contribution >= 0.6 is 9.39 Å². The number of aliphatic hydroxyl groups is 1. The van der Waals surface area contributed by atoms with E-state index < -0.39 is 54.4 Å². The summed E-state index contributed by atoms with van der Waals surface area (Å²) < 4.78 is 0. The Bertz CT molecular complexity index is 1100. The number of benzene rings is 1. The average molecular weight is 618 g/mol. The van der Waals surface area contributed by atoms with E-state index in [9.17, 15) is 29.1 Å². The van der Waals surface area contributed by atoms with Crippen molar-refractivity contribution in [2.24, 2.45) is 17.8 Å². The van der Waals surface area contributed by atoms with Crippen molar-refractivity contribution < 1.29 is 29.1 Å². The van der Waals surface area contributed by atoms with Crippen molar-refractivity contribution in [1.82, 2.24) is 26.4 Å². The Morgan fingerprint density at radius 3 is 2.16 bits per heavy atom. The highest BCUT2D eigenvalue weighted by Gasteiger charge is 2.35. The molecule has 12 heteroatoms. The van der Waals surface area contributed by atoms with E-state index in [4.69, 9.17) is 0 Å². The molecule has 0 bridgehead atoms. The van der Waals surface area contributed by atoms with Crippen molar-refractivity contribution in [3.63, 3.8) is 0 Å². The van der Waals surface area contributed by atoms with Gasteiger partial charge < -0.3 is 31.5 Å². The lowest BCUT2D eigenvalue weighted by Gasteiger charge is -2.29. The zero-order valence-corrected chi connectivity index (χ0v) is 26.4. The minimum absolute atomic E-state index is 0.131. The normalized spacial score (nSPS) is 18.7. The van der Waals surface area contributed by atoms with Gasteiger partial charge in [-0.25, -0.2) is 0 Å². The Balaban J connectivity index is 1.57. The summed E-state index contributed by atoms with van der Waals surface area (Å²) in [5, 5.41) is 24.0. The molecule has 0 heterocycles. The van der Waals surface area contributed by atoms with E-state index in [0.717, 1.165) is 38.5 Å². The molecule has 0 radical (unpaired) electrons. The van der Waals surface area contributed by atoms with Gasteiger partial charge in [0, 0.05) is 5.92 Å². The molecule has 238 valence electrons. The van der Waals surface area contributed by atoms with Gasteiger partial charge in [-0.3, -0.25) is 24.0 Å². The van der Waals surface area contributed by atoms with Gasteiger partial charge in [-0.2, -0.15) is 0 Å². The lowest BCUT2D eigenvalue weighted by molar-refractivity contribution is -0.136. The first kappa shape index (κ1) is 34.5. The maximum Gasteiger partial charge on any atom is 0.251 e. The molecule has 0 spiro atoms. The molecular formula is C31H48N5O6P. The summed E-state index contributed by atoms with van der Waals surface area (Å²) >= 11 is 0. The predicted octanol–water partition coefficient (Wildman–Crippen LogP) is 2.01. The second-order valence-corrected chi connectivity index (χ2v) is 12.2. The minimum Gasteiger partial charge on any atom is -0.381 e. The monoisotopic (exact) mass is 617 g/mol. The first-order chi connectivity index (χ1) is 20.6. The molecule has 1 aromatic rings. The molecule has 11 nitrogen and oxygen atoms in total. The van der Waals surface area contributed by atoms with Crippen molar-refractivity contribution in [3.05, 3.63) is 35.9 Å². The molecule has 5 amide bonds. The summed E-state index contributed by atoms with van der Waals surface area (Å²) in [5.74, 6) is -1.97. The first-order valence-electron chi connectivity index (χ1n) is 15.6. The first-order valence-corrected chi connectivity index (χ1v) is 16.1. The number of rotatable bonds is 16. The van der Waals surface area contributed by atoms with Crippen LogP contribution in [-0.2, 0) is 24.0 Å². The molecule has 3 rings (SSSR count). The largest absolute Gasteiger partial charge is 0.381 e. The highest BCUT2D eigenvalue weighted by Crippen LogP contribution is 2.34. The number of carbonyl (C=O) groups is 5. The van der Waals surface area contributed by atoms with E-state index in [1.807, 2.05) is 13.8 Å². The van der Waals surface area contributed by atoms with Crippen LogP contribution in [0.4, 0.5) is 0 Å². The van der Waals surface area contributed by atoms with Gasteiger partial charge in [-0.05, 0) is 52.5 Å². The second kappa shape index (κ2) is 17.3. The zero-order chi connectivity index (χ0) is 31.4. The molecule has 2 saturated carbocycles. The average Bonchev–Trinajstić information content (AvgIpc) is 3.85. The Labute approximate surface area is 256 Å². The van der Waals surface area contributed by atoms with Crippen LogP contribution in [0.3, 0.4) is 0 Å². The van der Waals surface area contributed by atoms with E-state index in [1.54, 1.807) is 30.3 Å². The van der Waals surface area contributed by atoms with Gasteiger partial charge in [0.1, 0.15) is 12.1 Å². The van der Waals surface area contributed by atoms with Crippen LogP contribution in [0, 0.1) is 17.8 Å². The Morgan fingerprint density at radius 2 is 1.56 bits per heavy atom. The van der Waals surface area contributed by atoms with Crippen LogP contribution in [0.5, 0.6) is 0 Å². The molecule has 2 fully saturated rings. The molecule has 0 aliphatic heterocycles. The molecule has 3 unspecified atom stereocenters. The van der Waals surface area contributed by atoms with Crippen LogP contribution in [0.25, 0.3) is 0 Å². The van der Waals surface area contributed by atoms with Crippen LogP contribution < -0.4 is 26.4 Å². The Morgan fingerprint density at radius 1 is 0.884 bits per heavy atom. The maximum absolute atomic E-state index is 13.4. The molecule has 0 saturated heterocycles. The van der Waals surface area contributed by atoms with Crippen LogP contribution in [0.2, 0.25) is 0 Å². The number of aliphatic hydroxyl groups excluding tert-OH is 1. The van der Waals surface area contributed by atoms with Crippen LogP contribution in [0.15, 0.2) is 30.3 Å². The summed E-state index contributed by atoms with van der Waals surface area (Å²) in [7, 11) is 2.09. The fourth-order valence-electron chi connectivity index (χ4n) is 5.67. The van der Waals surface area contributed by atoms with Gasteiger partial charge in [-0.1, -0.05) is 82.7 Å². The van der Waals surface area contributed by atoms with Crippen molar-refractivity contribution in [3.8, 4) is 0 Å². The maximum atomic E-state index is 13.4. The molecule has 6 atom stereocenters. The third-order valence-electron chi connectivity index (χ3n) is 8.51. The van der Waals surface area contributed by atoms with E-state index >= 15 is 0 Å². The number of hydrogen-bond donors (Lipinski definition) is 6. The van der Waals surface area contributed by atoms with Crippen LogP contribution in [0.1, 0.15) is 89.7 Å². The number of hydrogen-bond acceptors (Lipinski definition) is 6. The van der Waals surface area contributed by atoms with Crippen molar-refractivity contribution >= 4 is 38.9 Å². The minimum atomic E-state index is -1.62. The van der Waals surface area contributed by atoms with Crippen molar-refractivity contribution in [2.45, 2.75) is 102 Å². The van der Waals surface area contributed by atoms with Gasteiger partial charge in [-0.15, -0.1) is 0 Å². The van der Waals surface area contributed by atoms with Gasteiger partial charge >= 0.3 is 0 Å². The predicted molar refractivity (Wildman–Crippen MR) is 166 cm³/mol. The summed E-state index contributed by atoms with van der Waals surface area (Å²) in [6.45, 7) is 3.32. The van der Waals surface area contributed by atoms with Crippen LogP contribution in [-0.4, -0.2) is 59.4 Å². The number of carbonyl (C=O) groups excluding carboxylic acids is 5. The Kier molecular flexibility index (Phi) is 13.9. The fourth-order valence-corrected chi connectivity index (χ4v) is 5.84. The highest BCUT2D eigenvalue weighted by molar-refractivity contribution is 7.15. The lowest BCUT2D eigenvalue weighted by atomic mass is 9.80. The Hall–Kier alpha value is -3.04. The lowest BCUT2D eigenvalue weighted by Crippen LogP contribution is -2.56. The molecule has 2 aliphatic carbocycles. The molecule has 6 N–H and O–H groups in total. The smallest absolute Gasteiger partial charge is 0.251 e. The van der Waals surface area contributed by atoms with Gasteiger partial charge in [0.2, 0.25) is 23.6 Å². The van der Waals surface area contributed by atoms with E-state index in [1.165, 1.54) is 6.42 Å². The molecule has 0 aromatic heterocycles. The number of amides is 5. The van der Waals surface area contributed by atoms with Gasteiger partial charge in [0.05, 0.1) is 12.6 Å². The summed E-state index contributed by atoms with van der Waals surface area (Å²) in [6.07, 6.45) is 7.29. The fraction of sp³-hybridized carbons (Fsp3) is 0.645. The second-order valence-electron chi connectivity index (χ2n) is 11.9. The van der Waals surface area contributed by atoms with Gasteiger partial charge in [0.25, 0.3) is 5.91 Å². The van der Waals surface area contributed by atoms with Gasteiger partial charge in [0.15, 0.2) is 6.10 Å². The van der Waals surface area contributed by atoms with Crippen molar-refractivity contribution in [1.29, 1.82) is 0 Å². The molecule has 2 aliphatic rings. The quantitative estimate of drug-likeness (QED) is 0.155.